The zero-order valence-electron chi connectivity index (χ0n) is 28.1. The number of aromatic nitrogens is 5. The van der Waals surface area contributed by atoms with E-state index in [-0.39, 0.29) is 12.4 Å². The highest BCUT2D eigenvalue weighted by Gasteiger charge is 2.29. The maximum absolute atomic E-state index is 13.0. The van der Waals surface area contributed by atoms with Crippen LogP contribution in [0.15, 0.2) is 59.5 Å². The number of hydrogen-bond acceptors (Lipinski definition) is 9. The summed E-state index contributed by atoms with van der Waals surface area (Å²) >= 11 is 10.4. The van der Waals surface area contributed by atoms with E-state index in [4.69, 9.17) is 31.3 Å². The Morgan fingerprint density at radius 3 is 2.70 bits per heavy atom. The molecular formula is C37H38ClN5O5S2. The van der Waals surface area contributed by atoms with Crippen LogP contribution in [0.3, 0.4) is 0 Å². The summed E-state index contributed by atoms with van der Waals surface area (Å²) in [5, 5.41) is 33.3. The zero-order chi connectivity index (χ0) is 34.9. The van der Waals surface area contributed by atoms with Crippen molar-refractivity contribution in [2.24, 2.45) is 14.1 Å². The second-order valence-corrected chi connectivity index (χ2v) is 14.7. The molecular weight excluding hydrogens is 694 g/mol. The Hall–Kier alpha value is -3.94. The van der Waals surface area contributed by atoms with Crippen molar-refractivity contribution in [2.75, 3.05) is 20.3 Å². The molecule has 0 spiro atoms. The number of halogens is 1. The maximum atomic E-state index is 13.0. The van der Waals surface area contributed by atoms with E-state index < -0.39 is 5.97 Å². The molecule has 0 saturated heterocycles. The van der Waals surface area contributed by atoms with Crippen LogP contribution in [0.5, 0.6) is 5.75 Å². The summed E-state index contributed by atoms with van der Waals surface area (Å²) in [6.07, 6.45) is 1.04. The predicted molar refractivity (Wildman–Crippen MR) is 199 cm³/mol. The van der Waals surface area contributed by atoms with Crippen LogP contribution in [0.25, 0.3) is 32.8 Å². The highest BCUT2D eigenvalue weighted by molar-refractivity contribution is 7.98. The van der Waals surface area contributed by atoms with E-state index in [0.29, 0.717) is 54.8 Å². The summed E-state index contributed by atoms with van der Waals surface area (Å²) in [5.74, 6) is 1.88. The molecule has 0 saturated carbocycles. The van der Waals surface area contributed by atoms with Crippen molar-refractivity contribution in [3.05, 3.63) is 93.7 Å². The van der Waals surface area contributed by atoms with Gasteiger partial charge in [-0.1, -0.05) is 41.9 Å². The number of aliphatic hydroxyl groups excluding tert-OH is 1. The predicted octanol–water partition coefficient (Wildman–Crippen LogP) is 7.25. The highest BCUT2D eigenvalue weighted by Crippen LogP contribution is 2.43. The lowest BCUT2D eigenvalue weighted by Crippen LogP contribution is -2.17. The van der Waals surface area contributed by atoms with Gasteiger partial charge in [0, 0.05) is 70.4 Å². The number of carbonyl (C=O) groups excluding carboxylic acids is 1. The molecule has 0 amide bonds. The van der Waals surface area contributed by atoms with Crippen molar-refractivity contribution in [2.45, 2.75) is 48.1 Å². The fraction of sp³-hybridized carbons (Fsp3) is 0.324. The number of fused-ring (bicyclic) bond motifs is 3. The van der Waals surface area contributed by atoms with Crippen LogP contribution in [0.1, 0.15) is 45.2 Å². The first-order valence-corrected chi connectivity index (χ1v) is 18.9. The van der Waals surface area contributed by atoms with Gasteiger partial charge in [0.1, 0.15) is 11.4 Å². The summed E-state index contributed by atoms with van der Waals surface area (Å²) in [6, 6.07) is 17.7. The molecule has 7 rings (SSSR count). The first-order chi connectivity index (χ1) is 24.3. The van der Waals surface area contributed by atoms with Crippen molar-refractivity contribution in [3.63, 3.8) is 0 Å². The number of aliphatic hydroxyl groups is 1. The molecule has 0 fully saturated rings. The lowest BCUT2D eigenvalue weighted by atomic mass is 9.98. The minimum atomic E-state index is -0.432. The van der Waals surface area contributed by atoms with E-state index >= 15 is 0 Å². The molecule has 6 aromatic rings. The van der Waals surface area contributed by atoms with Gasteiger partial charge in [-0.2, -0.15) is 10.2 Å². The third-order valence-corrected chi connectivity index (χ3v) is 11.5. The van der Waals surface area contributed by atoms with Gasteiger partial charge in [-0.3, -0.25) is 9.36 Å². The topological polar surface area (TPSA) is 117 Å². The Balaban J connectivity index is 1.16. The highest BCUT2D eigenvalue weighted by atomic mass is 35.5. The number of esters is 1. The van der Waals surface area contributed by atoms with Gasteiger partial charge in [0.05, 0.1) is 54.5 Å². The Bertz CT molecular complexity index is 2230. The zero-order valence-corrected chi connectivity index (χ0v) is 30.5. The number of hydrogen-bond donors (Lipinski definition) is 2. The fourth-order valence-electron chi connectivity index (χ4n) is 6.83. The van der Waals surface area contributed by atoms with Crippen LogP contribution < -0.4 is 0 Å². The lowest BCUT2D eigenvalue weighted by Gasteiger charge is -2.17. The van der Waals surface area contributed by atoms with Gasteiger partial charge in [-0.25, -0.2) is 4.79 Å². The number of ether oxygens (including phenoxy) is 2. The number of phenols is 1. The van der Waals surface area contributed by atoms with Gasteiger partial charge in [0.15, 0.2) is 0 Å². The standard InChI is InChI=1S/C37H38ClN5O5S2/c1-41-35-28(27(9-6-13-44)36(41)37(46)47-3)10-11-29(38)33(35)34-30(40-43-12-14-48-18-31(34)43)21-49-19-23-16-24(42(2)39-23)20-50-25-15-22-7-4-5-8-26(22)32(45)17-25/h4-5,7-8,10-11,15-17,44-45H,6,9,12-14,18-21H2,1-3H3. The van der Waals surface area contributed by atoms with E-state index in [1.165, 1.54) is 7.11 Å². The first-order valence-electron chi connectivity index (χ1n) is 16.4. The molecule has 50 heavy (non-hydrogen) atoms. The summed E-state index contributed by atoms with van der Waals surface area (Å²) in [7, 11) is 5.20. The second-order valence-electron chi connectivity index (χ2n) is 12.3. The molecule has 0 radical (unpaired) electrons. The summed E-state index contributed by atoms with van der Waals surface area (Å²) in [6.45, 7) is 1.63. The van der Waals surface area contributed by atoms with E-state index in [9.17, 15) is 15.0 Å². The molecule has 0 bridgehead atoms. The number of aryl methyl sites for hydroxylation is 3. The molecule has 1 aliphatic rings. The third-order valence-electron chi connectivity index (χ3n) is 9.16. The molecule has 0 atom stereocenters. The van der Waals surface area contributed by atoms with Gasteiger partial charge in [-0.05, 0) is 48.1 Å². The molecule has 2 N–H and O–H groups in total. The maximum Gasteiger partial charge on any atom is 0.354 e. The van der Waals surface area contributed by atoms with Crippen molar-refractivity contribution in [3.8, 4) is 16.9 Å². The van der Waals surface area contributed by atoms with Crippen molar-refractivity contribution in [1.82, 2.24) is 24.1 Å². The number of methoxy groups -OCH3 is 1. The molecule has 0 unspecified atom stereocenters. The van der Waals surface area contributed by atoms with Crippen LogP contribution in [0.2, 0.25) is 5.02 Å². The molecule has 1 aliphatic heterocycles. The molecule has 4 heterocycles. The van der Waals surface area contributed by atoms with Crippen molar-refractivity contribution < 1.29 is 24.5 Å². The number of carbonyl (C=O) groups is 1. The van der Waals surface area contributed by atoms with E-state index in [1.54, 1.807) is 23.5 Å². The lowest BCUT2D eigenvalue weighted by molar-refractivity contribution is 0.0589. The minimum absolute atomic E-state index is 0.0126. The number of rotatable bonds is 12. The molecule has 260 valence electrons. The Kier molecular flexibility index (Phi) is 10.2. The molecule has 3 aromatic heterocycles. The van der Waals surface area contributed by atoms with Crippen molar-refractivity contribution >= 4 is 62.8 Å². The quantitative estimate of drug-likeness (QED) is 0.0992. The number of nitrogens with zero attached hydrogens (tertiary/aromatic N) is 5. The Labute approximate surface area is 303 Å². The monoisotopic (exact) mass is 731 g/mol. The number of phenolic OH excluding ortho intramolecular Hbond substituents is 1. The van der Waals surface area contributed by atoms with E-state index in [2.05, 4.69) is 12.1 Å². The molecule has 3 aromatic carbocycles. The largest absolute Gasteiger partial charge is 0.507 e. The summed E-state index contributed by atoms with van der Waals surface area (Å²) in [4.78, 5) is 14.1. The van der Waals surface area contributed by atoms with Crippen LogP contribution in [-0.2, 0) is 60.4 Å². The number of benzene rings is 3. The smallest absolute Gasteiger partial charge is 0.354 e. The molecule has 10 nitrogen and oxygen atoms in total. The van der Waals surface area contributed by atoms with Gasteiger partial charge in [0.25, 0.3) is 0 Å². The van der Waals surface area contributed by atoms with Crippen LogP contribution in [0, 0.1) is 0 Å². The fourth-order valence-corrected chi connectivity index (χ4v) is 8.91. The molecule has 0 aliphatic carbocycles. The average Bonchev–Trinajstić information content (AvgIpc) is 3.76. The summed E-state index contributed by atoms with van der Waals surface area (Å²) < 4.78 is 16.9. The molecule has 13 heteroatoms. The van der Waals surface area contributed by atoms with Crippen molar-refractivity contribution in [1.29, 1.82) is 0 Å². The summed E-state index contributed by atoms with van der Waals surface area (Å²) in [5.41, 5.74) is 7.76. The average molecular weight is 732 g/mol. The van der Waals surface area contributed by atoms with Crippen LogP contribution in [-0.4, -0.2) is 60.6 Å². The minimum Gasteiger partial charge on any atom is -0.507 e. The van der Waals surface area contributed by atoms with Gasteiger partial charge >= 0.3 is 5.97 Å². The van der Waals surface area contributed by atoms with Crippen LogP contribution in [0.4, 0.5) is 0 Å². The van der Waals surface area contributed by atoms with Gasteiger partial charge in [0.2, 0.25) is 0 Å². The number of thioether (sulfide) groups is 2. The van der Waals surface area contributed by atoms with Gasteiger partial charge < -0.3 is 24.3 Å². The Morgan fingerprint density at radius 1 is 1.04 bits per heavy atom. The van der Waals surface area contributed by atoms with Gasteiger partial charge in [-0.15, -0.1) is 23.5 Å². The van der Waals surface area contributed by atoms with E-state index in [1.807, 2.05) is 70.5 Å². The second kappa shape index (κ2) is 14.7. The Morgan fingerprint density at radius 2 is 1.88 bits per heavy atom. The first kappa shape index (κ1) is 34.5. The number of aromatic hydroxyl groups is 1. The van der Waals surface area contributed by atoms with Crippen LogP contribution >= 0.6 is 35.1 Å². The normalized spacial score (nSPS) is 13.0. The SMILES string of the molecule is COC(=O)c1c(CCCO)c2ccc(Cl)c(-c3c(CSCc4cc(CSc5cc(O)c6ccccc6c5)n(C)n4)nn4c3COCC4)c2n1C. The van der Waals surface area contributed by atoms with E-state index in [0.717, 1.165) is 71.8 Å². The third kappa shape index (κ3) is 6.51.